The van der Waals surface area contributed by atoms with Crippen molar-refractivity contribution < 1.29 is 0 Å². The van der Waals surface area contributed by atoms with Gasteiger partial charge in [-0.25, -0.2) is 0 Å². The lowest BCUT2D eigenvalue weighted by Gasteiger charge is -1.94. The third kappa shape index (κ3) is 1.70. The molecular weight excluding hydrogens is 164 g/mol. The molecule has 0 saturated carbocycles. The summed E-state index contributed by atoms with van der Waals surface area (Å²) < 4.78 is 0. The minimum Gasteiger partial charge on any atom is -0.108 e. The molecule has 0 amide bonds. The summed E-state index contributed by atoms with van der Waals surface area (Å²) in [5.41, 5.74) is 0. The number of benzene rings is 1. The van der Waals surface area contributed by atoms with Crippen molar-refractivity contribution in [3.05, 3.63) is 29.3 Å². The standard InChI is InChI=1S/C8H5ClS/c1-2-10-8-6-4-3-5-7(8)9/h1,3-6H. The van der Waals surface area contributed by atoms with Crippen molar-refractivity contribution in [1.29, 1.82) is 0 Å². The molecule has 0 aliphatic heterocycles. The van der Waals surface area contributed by atoms with Gasteiger partial charge in [-0.2, -0.15) is 0 Å². The van der Waals surface area contributed by atoms with Crippen molar-refractivity contribution >= 4 is 23.4 Å². The summed E-state index contributed by atoms with van der Waals surface area (Å²) in [4.78, 5) is 0.937. The number of rotatable bonds is 1. The highest BCUT2D eigenvalue weighted by Crippen LogP contribution is 2.24. The van der Waals surface area contributed by atoms with E-state index < -0.39 is 0 Å². The zero-order chi connectivity index (χ0) is 7.40. The largest absolute Gasteiger partial charge is 0.108 e. The van der Waals surface area contributed by atoms with Crippen molar-refractivity contribution in [3.8, 4) is 11.7 Å². The van der Waals surface area contributed by atoms with Crippen LogP contribution in [0.5, 0.6) is 0 Å². The molecule has 0 spiro atoms. The van der Waals surface area contributed by atoms with Gasteiger partial charge in [0.05, 0.1) is 5.02 Å². The van der Waals surface area contributed by atoms with Crippen LogP contribution in [0.2, 0.25) is 5.02 Å². The predicted octanol–water partition coefficient (Wildman–Crippen LogP) is 3.02. The second kappa shape index (κ2) is 3.55. The van der Waals surface area contributed by atoms with Crippen LogP contribution in [0.4, 0.5) is 0 Å². The fourth-order valence-electron chi connectivity index (χ4n) is 0.591. The molecule has 0 radical (unpaired) electrons. The van der Waals surface area contributed by atoms with E-state index in [0.29, 0.717) is 5.02 Å². The average Bonchev–Trinajstić information content (AvgIpc) is 1.94. The van der Waals surface area contributed by atoms with Crippen LogP contribution in [0.25, 0.3) is 0 Å². The highest BCUT2D eigenvalue weighted by molar-refractivity contribution is 8.04. The van der Waals surface area contributed by atoms with E-state index in [1.807, 2.05) is 24.3 Å². The monoisotopic (exact) mass is 168 g/mol. The molecule has 0 atom stereocenters. The number of hydrogen-bond acceptors (Lipinski definition) is 1. The van der Waals surface area contributed by atoms with E-state index in [2.05, 4.69) is 5.25 Å². The molecule has 10 heavy (non-hydrogen) atoms. The molecule has 0 aromatic heterocycles. The predicted molar refractivity (Wildman–Crippen MR) is 46.1 cm³/mol. The Bertz CT molecular complexity index is 262. The highest BCUT2D eigenvalue weighted by Gasteiger charge is 1.94. The molecule has 1 rings (SSSR count). The van der Waals surface area contributed by atoms with Gasteiger partial charge in [0.15, 0.2) is 0 Å². The van der Waals surface area contributed by atoms with Crippen LogP contribution in [-0.2, 0) is 0 Å². The molecule has 0 unspecified atom stereocenters. The fourth-order valence-corrected chi connectivity index (χ4v) is 1.28. The van der Waals surface area contributed by atoms with Crippen LogP contribution in [0.3, 0.4) is 0 Å². The topological polar surface area (TPSA) is 0 Å². The molecule has 50 valence electrons. The molecule has 1 aromatic carbocycles. The summed E-state index contributed by atoms with van der Waals surface area (Å²) in [6.45, 7) is 0. The average molecular weight is 169 g/mol. The summed E-state index contributed by atoms with van der Waals surface area (Å²) in [7, 11) is 0. The molecule has 1 aromatic rings. The molecule has 0 aliphatic rings. The summed E-state index contributed by atoms with van der Waals surface area (Å²) in [6, 6.07) is 7.50. The van der Waals surface area contributed by atoms with Gasteiger partial charge in [-0.1, -0.05) is 23.7 Å². The van der Waals surface area contributed by atoms with Crippen molar-refractivity contribution in [1.82, 2.24) is 0 Å². The van der Waals surface area contributed by atoms with Crippen LogP contribution < -0.4 is 0 Å². The lowest BCUT2D eigenvalue weighted by molar-refractivity contribution is 1.47. The normalized spacial score (nSPS) is 8.80. The molecule has 0 aliphatic carbocycles. The zero-order valence-electron chi connectivity index (χ0n) is 5.17. The molecule has 0 saturated heterocycles. The van der Waals surface area contributed by atoms with Gasteiger partial charge in [-0.05, 0) is 29.1 Å². The van der Waals surface area contributed by atoms with Gasteiger partial charge in [0.25, 0.3) is 0 Å². The Morgan fingerprint density at radius 1 is 1.40 bits per heavy atom. The maximum Gasteiger partial charge on any atom is 0.0551 e. The Hall–Kier alpha value is -0.580. The lowest BCUT2D eigenvalue weighted by atomic mass is 10.4. The first-order valence-electron chi connectivity index (χ1n) is 2.71. The van der Waals surface area contributed by atoms with Crippen LogP contribution in [-0.4, -0.2) is 0 Å². The van der Waals surface area contributed by atoms with Crippen molar-refractivity contribution in [2.24, 2.45) is 0 Å². The first-order valence-corrected chi connectivity index (χ1v) is 3.91. The molecule has 0 fully saturated rings. The first-order chi connectivity index (χ1) is 4.84. The van der Waals surface area contributed by atoms with E-state index in [0.717, 1.165) is 4.90 Å². The van der Waals surface area contributed by atoms with E-state index in [1.54, 1.807) is 0 Å². The molecule has 2 heteroatoms. The summed E-state index contributed by atoms with van der Waals surface area (Å²) in [6.07, 6.45) is 5.08. The number of hydrogen-bond donors (Lipinski definition) is 0. The Kier molecular flexibility index (Phi) is 2.68. The van der Waals surface area contributed by atoms with Gasteiger partial charge in [0.1, 0.15) is 0 Å². The Morgan fingerprint density at radius 3 is 2.70 bits per heavy atom. The van der Waals surface area contributed by atoms with E-state index >= 15 is 0 Å². The highest BCUT2D eigenvalue weighted by atomic mass is 35.5. The summed E-state index contributed by atoms with van der Waals surface area (Å²) >= 11 is 7.08. The first kappa shape index (κ1) is 7.53. The number of halogens is 1. The quantitative estimate of drug-likeness (QED) is 0.459. The smallest absolute Gasteiger partial charge is 0.0551 e. The van der Waals surface area contributed by atoms with E-state index in [1.165, 1.54) is 11.8 Å². The molecule has 0 heterocycles. The second-order valence-electron chi connectivity index (χ2n) is 1.65. The molecule has 0 nitrogen and oxygen atoms in total. The van der Waals surface area contributed by atoms with Gasteiger partial charge in [-0.3, -0.25) is 0 Å². The van der Waals surface area contributed by atoms with E-state index in [4.69, 9.17) is 18.0 Å². The number of terminal acetylenes is 1. The fraction of sp³-hybridized carbons (Fsp3) is 0. The zero-order valence-corrected chi connectivity index (χ0v) is 6.75. The maximum atomic E-state index is 5.79. The van der Waals surface area contributed by atoms with E-state index in [-0.39, 0.29) is 0 Å². The molecular formula is C8H5ClS. The van der Waals surface area contributed by atoms with Gasteiger partial charge in [0.2, 0.25) is 0 Å². The summed E-state index contributed by atoms with van der Waals surface area (Å²) in [5, 5.41) is 3.17. The summed E-state index contributed by atoms with van der Waals surface area (Å²) in [5.74, 6) is 0. The van der Waals surface area contributed by atoms with Crippen molar-refractivity contribution in [2.45, 2.75) is 4.90 Å². The van der Waals surface area contributed by atoms with E-state index in [9.17, 15) is 0 Å². The Labute approximate surface area is 69.6 Å². The van der Waals surface area contributed by atoms with Gasteiger partial charge >= 0.3 is 0 Å². The Balaban J connectivity index is 2.94. The van der Waals surface area contributed by atoms with Crippen LogP contribution >= 0.6 is 23.4 Å². The third-order valence-electron chi connectivity index (χ3n) is 1.01. The molecule has 0 N–H and O–H groups in total. The molecule has 0 bridgehead atoms. The minimum atomic E-state index is 0.713. The van der Waals surface area contributed by atoms with Crippen molar-refractivity contribution in [2.75, 3.05) is 0 Å². The van der Waals surface area contributed by atoms with Crippen LogP contribution in [0.15, 0.2) is 29.2 Å². The maximum absolute atomic E-state index is 5.79. The van der Waals surface area contributed by atoms with Gasteiger partial charge in [-0.15, -0.1) is 6.42 Å². The third-order valence-corrected chi connectivity index (χ3v) is 2.14. The van der Waals surface area contributed by atoms with Crippen LogP contribution in [0.1, 0.15) is 0 Å². The second-order valence-corrected chi connectivity index (χ2v) is 2.94. The SMILES string of the molecule is C#CSc1ccccc1Cl. The lowest BCUT2D eigenvalue weighted by Crippen LogP contribution is -1.68. The van der Waals surface area contributed by atoms with Crippen molar-refractivity contribution in [3.63, 3.8) is 0 Å². The van der Waals surface area contributed by atoms with Gasteiger partial charge in [0, 0.05) is 4.90 Å². The van der Waals surface area contributed by atoms with Crippen LogP contribution in [0, 0.1) is 11.7 Å². The number of thioether (sulfide) groups is 1. The minimum absolute atomic E-state index is 0.713. The Morgan fingerprint density at radius 2 is 2.10 bits per heavy atom. The van der Waals surface area contributed by atoms with Gasteiger partial charge < -0.3 is 0 Å².